The average molecular weight is 319 g/mol. The third-order valence-corrected chi connectivity index (χ3v) is 5.25. The quantitative estimate of drug-likeness (QED) is 0.803. The Hall–Kier alpha value is -0.450. The predicted molar refractivity (Wildman–Crippen MR) is 81.1 cm³/mol. The van der Waals surface area contributed by atoms with Gasteiger partial charge in [0.25, 0.3) is 0 Å². The molecule has 1 aliphatic carbocycles. The minimum Gasteiger partial charge on any atom is -0.333 e. The minimum absolute atomic E-state index is 0.279. The van der Waals surface area contributed by atoms with E-state index >= 15 is 0 Å². The largest absolute Gasteiger partial charge is 0.333 e. The van der Waals surface area contributed by atoms with Gasteiger partial charge >= 0.3 is 0 Å². The molecule has 1 fully saturated rings. The highest BCUT2D eigenvalue weighted by Gasteiger charge is 2.31. The van der Waals surface area contributed by atoms with Crippen LogP contribution in [-0.4, -0.2) is 17.0 Å². The van der Waals surface area contributed by atoms with Crippen LogP contribution in [0.2, 0.25) is 10.0 Å². The van der Waals surface area contributed by atoms with E-state index in [-0.39, 0.29) is 10.0 Å². The van der Waals surface area contributed by atoms with Crippen molar-refractivity contribution in [2.75, 3.05) is 11.1 Å². The maximum atomic E-state index is 13.1. The summed E-state index contributed by atoms with van der Waals surface area (Å²) in [6.45, 7) is 0. The Morgan fingerprint density at radius 1 is 1.26 bits per heavy atom. The Labute approximate surface area is 125 Å². The molecular weight excluding hydrogens is 306 g/mol. The van der Waals surface area contributed by atoms with Crippen molar-refractivity contribution in [2.24, 2.45) is 10.9 Å². The fourth-order valence-corrected chi connectivity index (χ4v) is 4.29. The summed E-state index contributed by atoms with van der Waals surface area (Å²) in [6.07, 6.45) is 3.68. The number of aliphatic imine (C=N–C) groups is 1. The standard InChI is InChI=1S/C13H13Cl2FN2S/c14-9-4-8(16)5-10(15)12(9)18-13-17-11-3-1-2-7(11)6-19-13/h4-5,7,11H,1-3,6H2,(H,17,18). The molecule has 1 aromatic carbocycles. The third kappa shape index (κ3) is 2.86. The van der Waals surface area contributed by atoms with Gasteiger partial charge in [-0.25, -0.2) is 4.39 Å². The van der Waals surface area contributed by atoms with E-state index in [1.54, 1.807) is 11.8 Å². The predicted octanol–water partition coefficient (Wildman–Crippen LogP) is 4.82. The van der Waals surface area contributed by atoms with E-state index in [0.29, 0.717) is 17.6 Å². The number of hydrogen-bond acceptors (Lipinski definition) is 3. The number of anilines is 1. The highest BCUT2D eigenvalue weighted by atomic mass is 35.5. The van der Waals surface area contributed by atoms with Crippen molar-refractivity contribution in [3.8, 4) is 0 Å². The molecule has 1 aromatic rings. The van der Waals surface area contributed by atoms with Gasteiger partial charge in [0.1, 0.15) is 5.82 Å². The number of nitrogens with zero attached hydrogens (tertiary/aromatic N) is 1. The number of hydrogen-bond donors (Lipinski definition) is 1. The second-order valence-electron chi connectivity index (χ2n) is 4.87. The molecule has 2 nitrogen and oxygen atoms in total. The van der Waals surface area contributed by atoms with Gasteiger partial charge in [0.2, 0.25) is 0 Å². The zero-order chi connectivity index (χ0) is 13.4. The lowest BCUT2D eigenvalue weighted by Gasteiger charge is -2.24. The van der Waals surface area contributed by atoms with E-state index in [1.165, 1.54) is 25.0 Å². The van der Waals surface area contributed by atoms with Gasteiger partial charge in [-0.15, -0.1) is 0 Å². The summed E-state index contributed by atoms with van der Waals surface area (Å²) in [5, 5.41) is 4.53. The molecular formula is C13H13Cl2FN2S. The molecule has 19 heavy (non-hydrogen) atoms. The molecule has 2 unspecified atom stereocenters. The highest BCUT2D eigenvalue weighted by molar-refractivity contribution is 8.14. The van der Waals surface area contributed by atoms with Crippen LogP contribution < -0.4 is 5.32 Å². The van der Waals surface area contributed by atoms with Gasteiger partial charge in [-0.1, -0.05) is 41.4 Å². The number of thioether (sulfide) groups is 1. The van der Waals surface area contributed by atoms with E-state index in [0.717, 1.165) is 17.3 Å². The number of benzene rings is 1. The zero-order valence-electron chi connectivity index (χ0n) is 10.1. The first-order valence-electron chi connectivity index (χ1n) is 6.25. The molecule has 1 saturated carbocycles. The van der Waals surface area contributed by atoms with Crippen LogP contribution in [0.5, 0.6) is 0 Å². The van der Waals surface area contributed by atoms with Crippen LogP contribution in [0.4, 0.5) is 10.1 Å². The smallest absolute Gasteiger partial charge is 0.161 e. The molecule has 2 atom stereocenters. The van der Waals surface area contributed by atoms with Crippen molar-refractivity contribution >= 4 is 45.8 Å². The van der Waals surface area contributed by atoms with E-state index in [2.05, 4.69) is 5.32 Å². The van der Waals surface area contributed by atoms with Crippen molar-refractivity contribution in [2.45, 2.75) is 25.3 Å². The van der Waals surface area contributed by atoms with Gasteiger partial charge < -0.3 is 5.32 Å². The first-order chi connectivity index (χ1) is 9.13. The topological polar surface area (TPSA) is 24.4 Å². The number of amidine groups is 1. The van der Waals surface area contributed by atoms with Gasteiger partial charge in [-0.05, 0) is 30.9 Å². The Morgan fingerprint density at radius 3 is 2.74 bits per heavy atom. The van der Waals surface area contributed by atoms with Gasteiger partial charge in [0.05, 0.1) is 21.8 Å². The van der Waals surface area contributed by atoms with Crippen LogP contribution in [0.15, 0.2) is 17.1 Å². The maximum Gasteiger partial charge on any atom is 0.161 e. The zero-order valence-corrected chi connectivity index (χ0v) is 12.5. The Balaban J connectivity index is 1.82. The molecule has 0 aromatic heterocycles. The summed E-state index contributed by atoms with van der Waals surface area (Å²) in [7, 11) is 0. The van der Waals surface area contributed by atoms with Crippen LogP contribution in [0.25, 0.3) is 0 Å². The van der Waals surface area contributed by atoms with E-state index in [4.69, 9.17) is 28.2 Å². The third-order valence-electron chi connectivity index (χ3n) is 3.57. The summed E-state index contributed by atoms with van der Waals surface area (Å²) in [5.74, 6) is 1.34. The van der Waals surface area contributed by atoms with Gasteiger partial charge in [0.15, 0.2) is 5.17 Å². The maximum absolute atomic E-state index is 13.1. The van der Waals surface area contributed by atoms with E-state index in [1.807, 2.05) is 0 Å². The highest BCUT2D eigenvalue weighted by Crippen LogP contribution is 2.37. The van der Waals surface area contributed by atoms with Crippen LogP contribution >= 0.6 is 35.0 Å². The molecule has 1 N–H and O–H groups in total. The molecule has 102 valence electrons. The lowest BCUT2D eigenvalue weighted by molar-refractivity contribution is 0.535. The number of rotatable bonds is 1. The van der Waals surface area contributed by atoms with Gasteiger partial charge in [-0.3, -0.25) is 4.99 Å². The van der Waals surface area contributed by atoms with E-state index in [9.17, 15) is 4.39 Å². The summed E-state index contributed by atoms with van der Waals surface area (Å²) < 4.78 is 13.1. The average Bonchev–Trinajstić information content (AvgIpc) is 2.81. The van der Waals surface area contributed by atoms with Crippen LogP contribution in [-0.2, 0) is 0 Å². The molecule has 0 amide bonds. The molecule has 6 heteroatoms. The Bertz CT molecular complexity index is 512. The lowest BCUT2D eigenvalue weighted by atomic mass is 10.1. The SMILES string of the molecule is Fc1cc(Cl)c(NC2=NC3CCCC3CS2)c(Cl)c1. The monoisotopic (exact) mass is 318 g/mol. The summed E-state index contributed by atoms with van der Waals surface area (Å²) in [4.78, 5) is 4.70. The van der Waals surface area contributed by atoms with Crippen molar-refractivity contribution in [3.05, 3.63) is 28.0 Å². The summed E-state index contributed by atoms with van der Waals surface area (Å²) >= 11 is 13.7. The van der Waals surface area contributed by atoms with Crippen molar-refractivity contribution in [1.82, 2.24) is 0 Å². The molecule has 0 bridgehead atoms. The van der Waals surface area contributed by atoms with Crippen molar-refractivity contribution < 1.29 is 4.39 Å². The first kappa shape index (κ1) is 13.5. The fourth-order valence-electron chi connectivity index (χ4n) is 2.59. The van der Waals surface area contributed by atoms with Gasteiger partial charge in [0, 0.05) is 5.75 Å². The lowest BCUT2D eigenvalue weighted by Crippen LogP contribution is -2.25. The fraction of sp³-hybridized carbons (Fsp3) is 0.462. The first-order valence-corrected chi connectivity index (χ1v) is 8.00. The molecule has 0 saturated heterocycles. The van der Waals surface area contributed by atoms with Crippen LogP contribution in [0, 0.1) is 11.7 Å². The summed E-state index contributed by atoms with van der Waals surface area (Å²) in [5.41, 5.74) is 0.535. The number of nitrogens with one attached hydrogen (secondary N) is 1. The van der Waals surface area contributed by atoms with E-state index < -0.39 is 5.82 Å². The minimum atomic E-state index is -0.436. The van der Waals surface area contributed by atoms with Crippen LogP contribution in [0.3, 0.4) is 0 Å². The Morgan fingerprint density at radius 2 is 2.00 bits per heavy atom. The molecule has 3 rings (SSSR count). The van der Waals surface area contributed by atoms with Crippen molar-refractivity contribution in [1.29, 1.82) is 0 Å². The number of fused-ring (bicyclic) bond motifs is 1. The Kier molecular flexibility index (Phi) is 3.92. The normalized spacial score (nSPS) is 25.9. The molecule has 0 radical (unpaired) electrons. The van der Waals surface area contributed by atoms with Crippen LogP contribution in [0.1, 0.15) is 19.3 Å². The second kappa shape index (κ2) is 5.51. The molecule has 1 aliphatic heterocycles. The van der Waals surface area contributed by atoms with Gasteiger partial charge in [-0.2, -0.15) is 0 Å². The molecule has 0 spiro atoms. The second-order valence-corrected chi connectivity index (χ2v) is 6.70. The van der Waals surface area contributed by atoms with Crippen molar-refractivity contribution in [3.63, 3.8) is 0 Å². The summed E-state index contributed by atoms with van der Waals surface area (Å²) in [6, 6.07) is 2.92. The molecule has 1 heterocycles. The molecule has 2 aliphatic rings. The number of halogens is 3.